The fourth-order valence-electron chi connectivity index (χ4n) is 2.95. The van der Waals surface area contributed by atoms with E-state index in [0.717, 1.165) is 41.2 Å². The van der Waals surface area contributed by atoms with Crippen molar-refractivity contribution in [1.82, 2.24) is 19.9 Å². The Bertz CT molecular complexity index is 923. The van der Waals surface area contributed by atoms with Crippen LogP contribution in [0.15, 0.2) is 40.8 Å². The number of nitrogens with one attached hydrogen (secondary N) is 1. The lowest BCUT2D eigenvalue weighted by molar-refractivity contribution is 0.241. The summed E-state index contributed by atoms with van der Waals surface area (Å²) < 4.78 is 0. The van der Waals surface area contributed by atoms with Crippen molar-refractivity contribution in [2.45, 2.75) is 19.5 Å². The molecule has 0 saturated carbocycles. The lowest BCUT2D eigenvalue weighted by Crippen LogP contribution is -2.35. The van der Waals surface area contributed by atoms with Crippen LogP contribution in [0.3, 0.4) is 0 Å². The molecule has 4 heterocycles. The Morgan fingerprint density at radius 3 is 3.08 bits per heavy atom. The van der Waals surface area contributed by atoms with Gasteiger partial charge in [0.1, 0.15) is 0 Å². The smallest absolute Gasteiger partial charge is 0.255 e. The van der Waals surface area contributed by atoms with Crippen LogP contribution in [0.25, 0.3) is 10.7 Å². The molecule has 4 rings (SSSR count). The summed E-state index contributed by atoms with van der Waals surface area (Å²) in [5, 5.41) is 2.61. The van der Waals surface area contributed by atoms with E-state index in [0.29, 0.717) is 17.4 Å². The molecule has 5 nitrogen and oxygen atoms in total. The maximum Gasteiger partial charge on any atom is 0.255 e. The first kappa shape index (κ1) is 15.5. The largest absolute Gasteiger partial charge is 0.306 e. The zero-order valence-electron chi connectivity index (χ0n) is 12.8. The van der Waals surface area contributed by atoms with Crippen LogP contribution in [0.5, 0.6) is 0 Å². The molecule has 0 atom stereocenters. The number of rotatable bonds is 3. The molecule has 0 unspecified atom stereocenters. The van der Waals surface area contributed by atoms with Gasteiger partial charge < -0.3 is 4.98 Å². The number of H-pyrrole nitrogens is 1. The number of thiophene rings is 1. The standard InChI is InChI=1S/C17H15ClN4OS/c18-12-6-11(7-19-8-12)9-22-4-3-14-13(10-22)17(23)21-16(20-14)15-2-1-5-24-15/h1-2,5-8H,3-4,9-10H2,(H,20,21,23). The van der Waals surface area contributed by atoms with E-state index in [-0.39, 0.29) is 5.56 Å². The first-order chi connectivity index (χ1) is 11.7. The fourth-order valence-corrected chi connectivity index (χ4v) is 3.81. The van der Waals surface area contributed by atoms with Crippen LogP contribution < -0.4 is 5.56 Å². The Hall–Kier alpha value is -2.02. The van der Waals surface area contributed by atoms with Gasteiger partial charge in [0.2, 0.25) is 0 Å². The zero-order chi connectivity index (χ0) is 16.5. The Kier molecular flexibility index (Phi) is 4.18. The summed E-state index contributed by atoms with van der Waals surface area (Å²) in [7, 11) is 0. The molecule has 0 radical (unpaired) electrons. The summed E-state index contributed by atoms with van der Waals surface area (Å²) in [5.41, 5.74) is 2.67. The van der Waals surface area contributed by atoms with Crippen molar-refractivity contribution in [3.63, 3.8) is 0 Å². The van der Waals surface area contributed by atoms with Crippen LogP contribution >= 0.6 is 22.9 Å². The quantitative estimate of drug-likeness (QED) is 0.781. The summed E-state index contributed by atoms with van der Waals surface area (Å²) >= 11 is 7.57. The molecule has 0 aromatic carbocycles. The molecule has 3 aromatic rings. The summed E-state index contributed by atoms with van der Waals surface area (Å²) in [5.74, 6) is 0.668. The highest BCUT2D eigenvalue weighted by Gasteiger charge is 2.21. The van der Waals surface area contributed by atoms with Crippen LogP contribution in [0, 0.1) is 0 Å². The summed E-state index contributed by atoms with van der Waals surface area (Å²) in [4.78, 5) is 27.4. The Morgan fingerprint density at radius 2 is 2.29 bits per heavy atom. The molecule has 1 aliphatic heterocycles. The summed E-state index contributed by atoms with van der Waals surface area (Å²) in [6, 6.07) is 5.84. The van der Waals surface area contributed by atoms with Gasteiger partial charge in [0.05, 0.1) is 21.2 Å². The van der Waals surface area contributed by atoms with Gasteiger partial charge in [-0.25, -0.2) is 4.98 Å². The molecule has 7 heteroatoms. The molecule has 0 amide bonds. The van der Waals surface area contributed by atoms with E-state index in [9.17, 15) is 4.79 Å². The van der Waals surface area contributed by atoms with Crippen molar-refractivity contribution in [3.05, 3.63) is 68.2 Å². The van der Waals surface area contributed by atoms with Crippen LogP contribution in [0.1, 0.15) is 16.8 Å². The first-order valence-corrected chi connectivity index (χ1v) is 8.92. The maximum atomic E-state index is 12.5. The third kappa shape index (κ3) is 3.13. The highest BCUT2D eigenvalue weighted by atomic mass is 35.5. The molecule has 3 aromatic heterocycles. The van der Waals surface area contributed by atoms with Crippen LogP contribution in [0.2, 0.25) is 5.02 Å². The van der Waals surface area contributed by atoms with Crippen molar-refractivity contribution < 1.29 is 0 Å². The highest BCUT2D eigenvalue weighted by Crippen LogP contribution is 2.23. The number of hydrogen-bond donors (Lipinski definition) is 1. The summed E-state index contributed by atoms with van der Waals surface area (Å²) in [6.45, 7) is 2.17. The molecule has 0 saturated heterocycles. The van der Waals surface area contributed by atoms with Gasteiger partial charge in [0.15, 0.2) is 5.82 Å². The van der Waals surface area contributed by atoms with E-state index >= 15 is 0 Å². The number of fused-ring (bicyclic) bond motifs is 1. The molecule has 0 spiro atoms. The van der Waals surface area contributed by atoms with Gasteiger partial charge in [-0.1, -0.05) is 17.7 Å². The lowest BCUT2D eigenvalue weighted by atomic mass is 10.1. The average Bonchev–Trinajstić information content (AvgIpc) is 3.10. The Morgan fingerprint density at radius 1 is 1.38 bits per heavy atom. The molecule has 1 aliphatic rings. The van der Waals surface area contributed by atoms with Crippen molar-refractivity contribution >= 4 is 22.9 Å². The number of halogens is 1. The van der Waals surface area contributed by atoms with Crippen molar-refractivity contribution in [3.8, 4) is 10.7 Å². The predicted molar refractivity (Wildman–Crippen MR) is 95.2 cm³/mol. The van der Waals surface area contributed by atoms with Gasteiger partial charge in [0, 0.05) is 38.4 Å². The molecule has 0 bridgehead atoms. The minimum absolute atomic E-state index is 0.0441. The topological polar surface area (TPSA) is 61.9 Å². The third-order valence-corrected chi connectivity index (χ3v) is 5.15. The Balaban J connectivity index is 1.58. The molecule has 0 aliphatic carbocycles. The number of aromatic nitrogens is 3. The predicted octanol–water partition coefficient (Wildman–Crippen LogP) is 3.11. The minimum atomic E-state index is -0.0441. The minimum Gasteiger partial charge on any atom is -0.306 e. The second kappa shape index (κ2) is 6.47. The lowest BCUT2D eigenvalue weighted by Gasteiger charge is -2.27. The van der Waals surface area contributed by atoms with Crippen molar-refractivity contribution in [2.24, 2.45) is 0 Å². The van der Waals surface area contributed by atoms with E-state index in [1.54, 1.807) is 17.5 Å². The number of hydrogen-bond acceptors (Lipinski definition) is 5. The van der Waals surface area contributed by atoms with Crippen LogP contribution in [-0.2, 0) is 19.5 Å². The molecule has 24 heavy (non-hydrogen) atoms. The van der Waals surface area contributed by atoms with E-state index in [4.69, 9.17) is 11.6 Å². The monoisotopic (exact) mass is 358 g/mol. The maximum absolute atomic E-state index is 12.5. The molecular formula is C17H15ClN4OS. The molecule has 0 fully saturated rings. The van der Waals surface area contributed by atoms with Gasteiger partial charge in [0.25, 0.3) is 5.56 Å². The van der Waals surface area contributed by atoms with E-state index in [1.807, 2.05) is 29.8 Å². The van der Waals surface area contributed by atoms with Gasteiger partial charge in [-0.15, -0.1) is 11.3 Å². The van der Waals surface area contributed by atoms with Crippen LogP contribution in [0.4, 0.5) is 0 Å². The second-order valence-electron chi connectivity index (χ2n) is 5.79. The van der Waals surface area contributed by atoms with Gasteiger partial charge in [-0.2, -0.15) is 0 Å². The molecule has 122 valence electrons. The number of pyridine rings is 1. The first-order valence-electron chi connectivity index (χ1n) is 7.67. The number of aromatic amines is 1. The SMILES string of the molecule is O=c1[nH]c(-c2cccs2)nc2c1CN(Cc1cncc(Cl)c1)CC2. The Labute approximate surface area is 148 Å². The normalized spacial score (nSPS) is 14.5. The molecule has 1 N–H and O–H groups in total. The average molecular weight is 359 g/mol. The van der Waals surface area contributed by atoms with E-state index in [1.165, 1.54) is 0 Å². The highest BCUT2D eigenvalue weighted by molar-refractivity contribution is 7.13. The van der Waals surface area contributed by atoms with E-state index < -0.39 is 0 Å². The van der Waals surface area contributed by atoms with E-state index in [2.05, 4.69) is 19.9 Å². The van der Waals surface area contributed by atoms with Gasteiger partial charge >= 0.3 is 0 Å². The molecular weight excluding hydrogens is 344 g/mol. The van der Waals surface area contributed by atoms with Gasteiger partial charge in [-0.3, -0.25) is 14.7 Å². The summed E-state index contributed by atoms with van der Waals surface area (Å²) in [6.07, 6.45) is 4.20. The third-order valence-electron chi connectivity index (χ3n) is 4.07. The van der Waals surface area contributed by atoms with Crippen molar-refractivity contribution in [2.75, 3.05) is 6.54 Å². The number of nitrogens with zero attached hydrogens (tertiary/aromatic N) is 3. The fraction of sp³-hybridized carbons (Fsp3) is 0.235. The van der Waals surface area contributed by atoms with Crippen molar-refractivity contribution in [1.29, 1.82) is 0 Å². The second-order valence-corrected chi connectivity index (χ2v) is 7.17. The van der Waals surface area contributed by atoms with Gasteiger partial charge in [-0.05, 0) is 23.1 Å². The van der Waals surface area contributed by atoms with Crippen LogP contribution in [-0.4, -0.2) is 26.4 Å². The zero-order valence-corrected chi connectivity index (χ0v) is 14.4.